The summed E-state index contributed by atoms with van der Waals surface area (Å²) < 4.78 is 8.52. The van der Waals surface area contributed by atoms with Crippen molar-refractivity contribution in [3.63, 3.8) is 0 Å². The summed E-state index contributed by atoms with van der Waals surface area (Å²) >= 11 is 0. The number of carbonyl (C=O) groups is 1. The third-order valence-corrected chi connectivity index (χ3v) is 6.01. The van der Waals surface area contributed by atoms with Crippen molar-refractivity contribution in [3.05, 3.63) is 17.5 Å². The minimum absolute atomic E-state index is 0.0260. The lowest BCUT2D eigenvalue weighted by molar-refractivity contribution is -0.120. The van der Waals surface area contributed by atoms with E-state index in [1.54, 1.807) is 6.92 Å². The number of aryl methyl sites for hydroxylation is 1. The van der Waals surface area contributed by atoms with Crippen LogP contribution in [0.2, 0.25) is 0 Å². The molecule has 1 aromatic rings. The average Bonchev–Trinajstić information content (AvgIpc) is 3.13. The topological polar surface area (TPSA) is 71.4 Å². The summed E-state index contributed by atoms with van der Waals surface area (Å²) in [7, 11) is 0. The lowest BCUT2D eigenvalue weighted by Crippen LogP contribution is -2.44. The van der Waals surface area contributed by atoms with Gasteiger partial charge in [-0.3, -0.25) is 14.4 Å². The molecule has 0 bridgehead atoms. The van der Waals surface area contributed by atoms with Crippen molar-refractivity contribution >= 4 is 5.91 Å². The van der Waals surface area contributed by atoms with E-state index in [4.69, 9.17) is 9.84 Å². The van der Waals surface area contributed by atoms with Crippen LogP contribution >= 0.6 is 0 Å². The van der Waals surface area contributed by atoms with Gasteiger partial charge in [-0.2, -0.15) is 5.10 Å². The quantitative estimate of drug-likeness (QED) is 0.838. The minimum Gasteiger partial charge on any atom is -0.370 e. The van der Waals surface area contributed by atoms with E-state index in [0.29, 0.717) is 6.54 Å². The molecule has 1 aromatic heterocycles. The molecule has 0 aromatic carbocycles. The number of hydrogen-bond donors (Lipinski definition) is 2. The fourth-order valence-electron chi connectivity index (χ4n) is 4.51. The number of hydrogen-bond acceptors (Lipinski definition) is 5. The third-order valence-electron chi connectivity index (χ3n) is 6.01. The number of aromatic nitrogens is 2. The van der Waals surface area contributed by atoms with E-state index in [0.717, 1.165) is 71.4 Å². The smallest absolute Gasteiger partial charge is 0.216 e. The van der Waals surface area contributed by atoms with Crippen molar-refractivity contribution < 1.29 is 9.53 Å². The molecule has 2 saturated heterocycles. The van der Waals surface area contributed by atoms with Gasteiger partial charge in [0.15, 0.2) is 0 Å². The summed E-state index contributed by atoms with van der Waals surface area (Å²) in [5.74, 6) is 0.0260. The minimum atomic E-state index is 0.0260. The zero-order chi connectivity index (χ0) is 18.0. The van der Waals surface area contributed by atoms with E-state index in [1.807, 2.05) is 0 Å². The van der Waals surface area contributed by atoms with E-state index in [1.165, 1.54) is 11.4 Å². The van der Waals surface area contributed by atoms with Crippen molar-refractivity contribution in [3.8, 4) is 0 Å². The van der Waals surface area contributed by atoms with Gasteiger partial charge in [0.05, 0.1) is 23.1 Å². The first-order chi connectivity index (χ1) is 12.6. The molecule has 26 heavy (non-hydrogen) atoms. The third kappa shape index (κ3) is 4.10. The molecule has 0 radical (unpaired) electrons. The van der Waals surface area contributed by atoms with Gasteiger partial charge in [0.2, 0.25) is 5.91 Å². The second kappa shape index (κ2) is 7.66. The molecular weight excluding hydrogens is 330 g/mol. The van der Waals surface area contributed by atoms with Crippen LogP contribution in [0.5, 0.6) is 0 Å². The first-order valence-electron chi connectivity index (χ1n) is 10.0. The number of ether oxygens (including phenoxy) is 1. The maximum Gasteiger partial charge on any atom is 0.216 e. The molecule has 1 atom stereocenters. The van der Waals surface area contributed by atoms with Crippen molar-refractivity contribution in [1.82, 2.24) is 25.3 Å². The molecule has 4 rings (SSSR count). The van der Waals surface area contributed by atoms with Crippen LogP contribution in [0.4, 0.5) is 0 Å². The molecule has 7 nitrogen and oxygen atoms in total. The Morgan fingerprint density at radius 1 is 1.38 bits per heavy atom. The molecular formula is C19H31N5O2. The summed E-state index contributed by atoms with van der Waals surface area (Å²) in [6.45, 7) is 8.31. The Bertz CT molecular complexity index is 612. The van der Waals surface area contributed by atoms with Crippen molar-refractivity contribution in [2.24, 2.45) is 0 Å². The van der Waals surface area contributed by atoms with Crippen LogP contribution in [0.1, 0.15) is 50.4 Å². The first kappa shape index (κ1) is 17.9. The Labute approximate surface area is 155 Å². The van der Waals surface area contributed by atoms with Gasteiger partial charge in [0.25, 0.3) is 0 Å². The number of nitrogens with zero attached hydrogens (tertiary/aromatic N) is 3. The Hall–Kier alpha value is -1.44. The molecule has 3 aliphatic heterocycles. The lowest BCUT2D eigenvalue weighted by atomic mass is 9.88. The predicted octanol–water partition coefficient (Wildman–Crippen LogP) is 1.03. The highest BCUT2D eigenvalue weighted by molar-refractivity contribution is 5.72. The SMILES string of the molecule is CC(=O)NCC1CCC2(CCN(Cc3cc4n(n3)CCCNC4)CC2)O1. The number of nitrogens with one attached hydrogen (secondary N) is 2. The van der Waals surface area contributed by atoms with E-state index < -0.39 is 0 Å². The average molecular weight is 361 g/mol. The normalized spacial score (nSPS) is 25.8. The number of piperidine rings is 1. The molecule has 0 saturated carbocycles. The van der Waals surface area contributed by atoms with Crippen LogP contribution in [0.3, 0.4) is 0 Å². The van der Waals surface area contributed by atoms with E-state index in [9.17, 15) is 4.79 Å². The van der Waals surface area contributed by atoms with Gasteiger partial charge >= 0.3 is 0 Å². The van der Waals surface area contributed by atoms with Gasteiger partial charge in [-0.15, -0.1) is 0 Å². The molecule has 3 aliphatic rings. The molecule has 0 aliphatic carbocycles. The Morgan fingerprint density at radius 3 is 3.04 bits per heavy atom. The van der Waals surface area contributed by atoms with Crippen LogP contribution in [-0.2, 0) is 29.2 Å². The Kier molecular flexibility index (Phi) is 5.29. The largest absolute Gasteiger partial charge is 0.370 e. The van der Waals surface area contributed by atoms with Gasteiger partial charge in [-0.1, -0.05) is 0 Å². The van der Waals surface area contributed by atoms with E-state index in [-0.39, 0.29) is 17.6 Å². The fourth-order valence-corrected chi connectivity index (χ4v) is 4.51. The van der Waals surface area contributed by atoms with Crippen LogP contribution in [-0.4, -0.2) is 58.5 Å². The van der Waals surface area contributed by atoms with Gasteiger partial charge in [0.1, 0.15) is 0 Å². The maximum atomic E-state index is 11.1. The lowest BCUT2D eigenvalue weighted by Gasteiger charge is -2.39. The number of amides is 1. The highest BCUT2D eigenvalue weighted by Gasteiger charge is 2.42. The second-order valence-electron chi connectivity index (χ2n) is 8.06. The van der Waals surface area contributed by atoms with Crippen LogP contribution in [0.25, 0.3) is 0 Å². The molecule has 1 amide bonds. The fraction of sp³-hybridized carbons (Fsp3) is 0.789. The molecule has 1 spiro atoms. The second-order valence-corrected chi connectivity index (χ2v) is 8.06. The summed E-state index contributed by atoms with van der Waals surface area (Å²) in [6.07, 6.45) is 5.67. The predicted molar refractivity (Wildman–Crippen MR) is 98.6 cm³/mol. The number of likely N-dealkylation sites (tertiary alicyclic amines) is 1. The number of rotatable bonds is 4. The molecule has 4 heterocycles. The molecule has 7 heteroatoms. The standard InChI is InChI=1S/C19H31N5O2/c1-15(25)21-13-18-3-4-19(26-18)5-9-23(10-6-19)14-16-11-17-12-20-7-2-8-24(17)22-16/h11,18,20H,2-10,12-14H2,1H3,(H,21,25). The van der Waals surface area contributed by atoms with Crippen molar-refractivity contribution in [2.75, 3.05) is 26.2 Å². The molecule has 1 unspecified atom stereocenters. The van der Waals surface area contributed by atoms with E-state index >= 15 is 0 Å². The highest BCUT2D eigenvalue weighted by Crippen LogP contribution is 2.38. The van der Waals surface area contributed by atoms with Crippen LogP contribution < -0.4 is 10.6 Å². The van der Waals surface area contributed by atoms with E-state index in [2.05, 4.69) is 26.3 Å². The first-order valence-corrected chi connectivity index (χ1v) is 10.0. The Morgan fingerprint density at radius 2 is 2.23 bits per heavy atom. The Balaban J connectivity index is 1.27. The van der Waals surface area contributed by atoms with Gasteiger partial charge in [0, 0.05) is 46.2 Å². The van der Waals surface area contributed by atoms with Gasteiger partial charge in [-0.05, 0) is 44.7 Å². The summed E-state index contributed by atoms with van der Waals surface area (Å²) in [4.78, 5) is 13.6. The molecule has 2 fully saturated rings. The number of carbonyl (C=O) groups excluding carboxylic acids is 1. The molecule has 144 valence electrons. The maximum absolute atomic E-state index is 11.1. The van der Waals surface area contributed by atoms with Crippen molar-refractivity contribution in [2.45, 2.75) is 70.4 Å². The zero-order valence-corrected chi connectivity index (χ0v) is 15.8. The highest BCUT2D eigenvalue weighted by atomic mass is 16.5. The van der Waals surface area contributed by atoms with Crippen LogP contribution in [0.15, 0.2) is 6.07 Å². The van der Waals surface area contributed by atoms with Gasteiger partial charge in [-0.25, -0.2) is 0 Å². The number of fused-ring (bicyclic) bond motifs is 1. The zero-order valence-electron chi connectivity index (χ0n) is 15.8. The monoisotopic (exact) mass is 361 g/mol. The summed E-state index contributed by atoms with van der Waals surface area (Å²) in [6, 6.07) is 2.26. The van der Waals surface area contributed by atoms with Crippen molar-refractivity contribution in [1.29, 1.82) is 0 Å². The van der Waals surface area contributed by atoms with Crippen LogP contribution in [0, 0.1) is 0 Å². The molecule has 2 N–H and O–H groups in total. The van der Waals surface area contributed by atoms with Gasteiger partial charge < -0.3 is 15.4 Å². The summed E-state index contributed by atoms with van der Waals surface area (Å²) in [5, 5.41) is 11.2. The summed E-state index contributed by atoms with van der Waals surface area (Å²) in [5.41, 5.74) is 2.54.